The van der Waals surface area contributed by atoms with E-state index in [0.29, 0.717) is 5.02 Å². The minimum atomic E-state index is 0.712. The van der Waals surface area contributed by atoms with Gasteiger partial charge in [-0.25, -0.2) is 0 Å². The third-order valence-electron chi connectivity index (χ3n) is 2.26. The average molecular weight is 221 g/mol. The number of anilines is 1. The van der Waals surface area contributed by atoms with Crippen molar-refractivity contribution in [1.82, 2.24) is 5.43 Å². The van der Waals surface area contributed by atoms with E-state index >= 15 is 0 Å². The summed E-state index contributed by atoms with van der Waals surface area (Å²) >= 11 is 6.00. The molecule has 3 heteroatoms. The van der Waals surface area contributed by atoms with Crippen LogP contribution in [-0.2, 0) is 0 Å². The van der Waals surface area contributed by atoms with E-state index in [2.05, 4.69) is 29.9 Å². The number of hydrogen-bond acceptors (Lipinski definition) is 2. The molecule has 2 nitrogen and oxygen atoms in total. The Morgan fingerprint density at radius 1 is 1.20 bits per heavy atom. The molecule has 1 aromatic rings. The molecule has 0 heterocycles. The van der Waals surface area contributed by atoms with Gasteiger partial charge in [0.05, 0.1) is 16.4 Å². The van der Waals surface area contributed by atoms with Gasteiger partial charge in [0.15, 0.2) is 0 Å². The molecule has 0 fully saturated rings. The van der Waals surface area contributed by atoms with E-state index in [1.54, 1.807) is 0 Å². The Morgan fingerprint density at radius 3 is 2.67 bits per heavy atom. The van der Waals surface area contributed by atoms with Gasteiger partial charge in [0, 0.05) is 0 Å². The van der Waals surface area contributed by atoms with E-state index in [4.69, 9.17) is 11.6 Å². The lowest BCUT2D eigenvalue weighted by Gasteiger charge is -2.10. The van der Waals surface area contributed by atoms with Crippen molar-refractivity contribution in [3.05, 3.63) is 52.7 Å². The monoisotopic (exact) mass is 220 g/mol. The molecular formula is C12H13ClN2. The zero-order valence-electron chi connectivity index (χ0n) is 8.55. The Bertz CT molecular complexity index is 421. The van der Waals surface area contributed by atoms with Crippen LogP contribution in [0, 0.1) is 0 Å². The second-order valence-electron chi connectivity index (χ2n) is 3.58. The van der Waals surface area contributed by atoms with Gasteiger partial charge in [-0.3, -0.25) is 5.43 Å². The fourth-order valence-corrected chi connectivity index (χ4v) is 1.63. The van der Waals surface area contributed by atoms with Crippen LogP contribution in [0.1, 0.15) is 13.3 Å². The van der Waals surface area contributed by atoms with Crippen LogP contribution in [0.5, 0.6) is 0 Å². The number of rotatable bonds is 3. The lowest BCUT2D eigenvalue weighted by molar-refractivity contribution is 1.00. The third-order valence-corrected chi connectivity index (χ3v) is 2.59. The molecule has 0 amide bonds. The first-order chi connectivity index (χ1) is 7.25. The van der Waals surface area contributed by atoms with Gasteiger partial charge in [-0.15, -0.1) is 0 Å². The molecule has 0 unspecified atom stereocenters. The number of halogens is 1. The average Bonchev–Trinajstić information content (AvgIpc) is 2.63. The zero-order chi connectivity index (χ0) is 10.7. The molecule has 0 aliphatic heterocycles. The van der Waals surface area contributed by atoms with Crippen molar-refractivity contribution in [2.45, 2.75) is 13.3 Å². The van der Waals surface area contributed by atoms with Gasteiger partial charge in [-0.1, -0.05) is 35.4 Å². The molecular weight excluding hydrogens is 208 g/mol. The van der Waals surface area contributed by atoms with E-state index in [0.717, 1.165) is 17.8 Å². The summed E-state index contributed by atoms with van der Waals surface area (Å²) in [5.74, 6) is 0. The molecule has 2 rings (SSSR count). The van der Waals surface area contributed by atoms with Crippen molar-refractivity contribution in [2.24, 2.45) is 0 Å². The van der Waals surface area contributed by atoms with Crippen LogP contribution in [0.2, 0.25) is 5.02 Å². The van der Waals surface area contributed by atoms with Crippen LogP contribution >= 0.6 is 11.6 Å². The lowest BCUT2D eigenvalue weighted by Crippen LogP contribution is -2.19. The molecule has 2 N–H and O–H groups in total. The first kappa shape index (κ1) is 10.1. The fraction of sp³-hybridized carbons (Fsp3) is 0.167. The molecule has 1 aliphatic rings. The molecule has 1 aromatic carbocycles. The third kappa shape index (κ3) is 2.54. The van der Waals surface area contributed by atoms with E-state index < -0.39 is 0 Å². The molecule has 0 aromatic heterocycles. The van der Waals surface area contributed by atoms with Crippen LogP contribution < -0.4 is 10.9 Å². The van der Waals surface area contributed by atoms with Crippen LogP contribution in [0.15, 0.2) is 47.7 Å². The maximum atomic E-state index is 6.00. The van der Waals surface area contributed by atoms with Crippen molar-refractivity contribution in [1.29, 1.82) is 0 Å². The molecule has 0 radical (unpaired) electrons. The highest BCUT2D eigenvalue weighted by atomic mass is 35.5. The van der Waals surface area contributed by atoms with Gasteiger partial charge in [-0.05, 0) is 31.6 Å². The van der Waals surface area contributed by atoms with E-state index in [1.807, 2.05) is 24.3 Å². The maximum Gasteiger partial charge on any atom is 0.0726 e. The molecule has 1 aliphatic carbocycles. The Morgan fingerprint density at radius 2 is 2.00 bits per heavy atom. The summed E-state index contributed by atoms with van der Waals surface area (Å²) in [5, 5.41) is 0.712. The summed E-state index contributed by atoms with van der Waals surface area (Å²) in [6.45, 7) is 2.11. The Hall–Kier alpha value is -1.41. The molecule has 15 heavy (non-hydrogen) atoms. The maximum absolute atomic E-state index is 6.00. The fourth-order valence-electron chi connectivity index (χ4n) is 1.44. The Labute approximate surface area is 94.6 Å². The number of nitrogens with one attached hydrogen (secondary N) is 2. The lowest BCUT2D eigenvalue weighted by atomic mass is 10.3. The van der Waals surface area contributed by atoms with Crippen molar-refractivity contribution >= 4 is 17.3 Å². The minimum absolute atomic E-state index is 0.712. The van der Waals surface area contributed by atoms with Crippen molar-refractivity contribution in [3.8, 4) is 0 Å². The summed E-state index contributed by atoms with van der Waals surface area (Å²) in [5.41, 5.74) is 9.54. The summed E-state index contributed by atoms with van der Waals surface area (Å²) in [7, 11) is 0. The second kappa shape index (κ2) is 4.41. The van der Waals surface area contributed by atoms with Gasteiger partial charge in [-0.2, -0.15) is 0 Å². The van der Waals surface area contributed by atoms with Crippen molar-refractivity contribution in [3.63, 3.8) is 0 Å². The molecule has 0 saturated carbocycles. The van der Waals surface area contributed by atoms with E-state index in [1.165, 1.54) is 5.57 Å². The smallest absolute Gasteiger partial charge is 0.0726 e. The number of hydrogen-bond donors (Lipinski definition) is 2. The summed E-state index contributed by atoms with van der Waals surface area (Å²) in [4.78, 5) is 0. The molecule has 0 atom stereocenters. The van der Waals surface area contributed by atoms with Crippen molar-refractivity contribution < 1.29 is 0 Å². The quantitative estimate of drug-likeness (QED) is 0.762. The standard InChI is InChI=1S/C12H13ClN2/c1-9-6-7-10(8-9)14-15-12-5-3-2-4-11(12)13/h2-5,7-8,14-15H,6H2,1H3. The van der Waals surface area contributed by atoms with Crippen LogP contribution in [0.4, 0.5) is 5.69 Å². The van der Waals surface area contributed by atoms with Gasteiger partial charge in [0.2, 0.25) is 0 Å². The van der Waals surface area contributed by atoms with Gasteiger partial charge in [0.1, 0.15) is 0 Å². The van der Waals surface area contributed by atoms with E-state index in [-0.39, 0.29) is 0 Å². The molecule has 0 saturated heterocycles. The van der Waals surface area contributed by atoms with Gasteiger partial charge < -0.3 is 5.43 Å². The highest BCUT2D eigenvalue weighted by molar-refractivity contribution is 6.33. The highest BCUT2D eigenvalue weighted by Gasteiger charge is 2.02. The topological polar surface area (TPSA) is 24.1 Å². The van der Waals surface area contributed by atoms with Crippen LogP contribution in [0.25, 0.3) is 0 Å². The van der Waals surface area contributed by atoms with Gasteiger partial charge >= 0.3 is 0 Å². The van der Waals surface area contributed by atoms with Crippen LogP contribution in [0.3, 0.4) is 0 Å². The van der Waals surface area contributed by atoms with E-state index in [9.17, 15) is 0 Å². The predicted molar refractivity (Wildman–Crippen MR) is 64.7 cm³/mol. The second-order valence-corrected chi connectivity index (χ2v) is 3.99. The van der Waals surface area contributed by atoms with Crippen molar-refractivity contribution in [2.75, 3.05) is 5.43 Å². The number of benzene rings is 1. The first-order valence-corrected chi connectivity index (χ1v) is 5.27. The Kier molecular flexibility index (Phi) is 2.97. The molecule has 78 valence electrons. The summed E-state index contributed by atoms with van der Waals surface area (Å²) in [6.07, 6.45) is 5.27. The Balaban J connectivity index is 1.97. The SMILES string of the molecule is CC1=CC(NNc2ccccc2Cl)=CC1. The largest absolute Gasteiger partial charge is 0.301 e. The van der Waals surface area contributed by atoms with Gasteiger partial charge in [0.25, 0.3) is 0 Å². The summed E-state index contributed by atoms with van der Waals surface area (Å²) < 4.78 is 0. The zero-order valence-corrected chi connectivity index (χ0v) is 9.31. The first-order valence-electron chi connectivity index (χ1n) is 4.89. The minimum Gasteiger partial charge on any atom is -0.301 e. The molecule has 0 spiro atoms. The molecule has 0 bridgehead atoms. The number of para-hydroxylation sites is 1. The highest BCUT2D eigenvalue weighted by Crippen LogP contribution is 2.20. The number of hydrazine groups is 1. The predicted octanol–water partition coefficient (Wildman–Crippen LogP) is 3.49. The summed E-state index contributed by atoms with van der Waals surface area (Å²) in [6, 6.07) is 7.64. The number of allylic oxidation sites excluding steroid dienone is 3. The normalized spacial score (nSPS) is 14.5. The van der Waals surface area contributed by atoms with Crippen LogP contribution in [-0.4, -0.2) is 0 Å².